The number of halogens is 1. The van der Waals surface area contributed by atoms with E-state index in [1.807, 2.05) is 0 Å². The van der Waals surface area contributed by atoms with Gasteiger partial charge < -0.3 is 4.90 Å². The summed E-state index contributed by atoms with van der Waals surface area (Å²) in [5.74, 6) is 0.843. The van der Waals surface area contributed by atoms with E-state index in [0.717, 1.165) is 25.8 Å². The molecule has 2 atom stereocenters. The lowest BCUT2D eigenvalue weighted by molar-refractivity contribution is -0.129. The highest BCUT2D eigenvalue weighted by Gasteiger charge is 2.45. The molecule has 0 saturated carbocycles. The van der Waals surface area contributed by atoms with E-state index in [0.29, 0.717) is 17.9 Å². The summed E-state index contributed by atoms with van der Waals surface area (Å²) in [6.45, 7) is 3.03. The van der Waals surface area contributed by atoms with Crippen LogP contribution in [0.15, 0.2) is 22.7 Å². The van der Waals surface area contributed by atoms with Gasteiger partial charge in [0.05, 0.1) is 6.04 Å². The molecule has 0 bridgehead atoms. The van der Waals surface area contributed by atoms with E-state index in [4.69, 9.17) is 0 Å². The molecule has 1 aromatic rings. The summed E-state index contributed by atoms with van der Waals surface area (Å²) in [6, 6.07) is 6.71. The van der Waals surface area contributed by atoms with Crippen molar-refractivity contribution in [2.24, 2.45) is 5.92 Å². The minimum absolute atomic E-state index is 0.340. The number of likely N-dealkylation sites (tertiary alicyclic amines) is 1. The number of carbonyl (C=O) groups excluding carboxylic acids is 1. The highest BCUT2D eigenvalue weighted by Crippen LogP contribution is 2.48. The summed E-state index contributed by atoms with van der Waals surface area (Å²) >= 11 is 3.63. The molecular weight excluding hydrogens is 278 g/mol. The van der Waals surface area contributed by atoms with Gasteiger partial charge in [-0.3, -0.25) is 4.79 Å². The van der Waals surface area contributed by atoms with E-state index < -0.39 is 0 Å². The molecule has 1 heterocycles. The molecule has 2 unspecified atom stereocenters. The van der Waals surface area contributed by atoms with Crippen molar-refractivity contribution in [3.63, 3.8) is 0 Å². The Morgan fingerprint density at radius 3 is 3.00 bits per heavy atom. The lowest BCUT2D eigenvalue weighted by atomic mass is 10.0. The largest absolute Gasteiger partial charge is 0.335 e. The van der Waals surface area contributed by atoms with E-state index in [2.05, 4.69) is 46.0 Å². The molecule has 1 fully saturated rings. The Hall–Kier alpha value is -0.830. The molecule has 1 aromatic carbocycles. The minimum Gasteiger partial charge on any atom is -0.335 e. The summed E-state index contributed by atoms with van der Waals surface area (Å²) in [5.41, 5.74) is 2.78. The number of carbonyl (C=O) groups is 1. The summed E-state index contributed by atoms with van der Waals surface area (Å²) < 4.78 is 1.20. The van der Waals surface area contributed by atoms with Crippen LogP contribution in [-0.2, 0) is 11.2 Å². The maximum atomic E-state index is 12.0. The fraction of sp³-hybridized carbons (Fsp3) is 0.500. The summed E-state index contributed by atoms with van der Waals surface area (Å²) in [5, 5.41) is 0. The van der Waals surface area contributed by atoms with Crippen molar-refractivity contribution < 1.29 is 4.79 Å². The van der Waals surface area contributed by atoms with Gasteiger partial charge >= 0.3 is 0 Å². The van der Waals surface area contributed by atoms with Crippen LogP contribution in [0, 0.1) is 5.92 Å². The Kier molecular flexibility index (Phi) is 2.74. The van der Waals surface area contributed by atoms with E-state index in [1.165, 1.54) is 15.6 Å². The van der Waals surface area contributed by atoms with Crippen molar-refractivity contribution >= 4 is 21.8 Å². The maximum absolute atomic E-state index is 12.0. The van der Waals surface area contributed by atoms with Gasteiger partial charge in [-0.2, -0.15) is 0 Å². The van der Waals surface area contributed by atoms with Gasteiger partial charge in [-0.15, -0.1) is 0 Å². The molecule has 2 aliphatic rings. The molecule has 1 aliphatic carbocycles. The summed E-state index contributed by atoms with van der Waals surface area (Å²) in [7, 11) is 0. The van der Waals surface area contributed by atoms with Gasteiger partial charge in [0.25, 0.3) is 0 Å². The van der Waals surface area contributed by atoms with E-state index in [1.54, 1.807) is 0 Å². The number of rotatable bonds is 2. The molecule has 3 heteroatoms. The van der Waals surface area contributed by atoms with E-state index >= 15 is 0 Å². The summed E-state index contributed by atoms with van der Waals surface area (Å²) in [6.07, 6.45) is 2.82. The van der Waals surface area contributed by atoms with Crippen LogP contribution in [0.25, 0.3) is 0 Å². The SMILES string of the molecule is CCCN1C(=O)CC2Cc3c(Br)cccc3C21. The third-order valence-corrected chi connectivity index (χ3v) is 4.69. The number of amides is 1. The van der Waals surface area contributed by atoms with E-state index in [-0.39, 0.29) is 0 Å². The molecule has 17 heavy (non-hydrogen) atoms. The van der Waals surface area contributed by atoms with Crippen molar-refractivity contribution in [3.8, 4) is 0 Å². The first-order valence-electron chi connectivity index (χ1n) is 6.29. The van der Waals surface area contributed by atoms with Gasteiger partial charge in [0.2, 0.25) is 5.91 Å². The van der Waals surface area contributed by atoms with Gasteiger partial charge in [0.15, 0.2) is 0 Å². The highest BCUT2D eigenvalue weighted by molar-refractivity contribution is 9.10. The lowest BCUT2D eigenvalue weighted by Crippen LogP contribution is -2.28. The second kappa shape index (κ2) is 4.13. The average Bonchev–Trinajstić information content (AvgIpc) is 2.78. The zero-order valence-corrected chi connectivity index (χ0v) is 11.5. The van der Waals surface area contributed by atoms with Crippen LogP contribution in [0.3, 0.4) is 0 Å². The normalized spacial score (nSPS) is 26.2. The van der Waals surface area contributed by atoms with Gasteiger partial charge in [-0.05, 0) is 36.0 Å². The van der Waals surface area contributed by atoms with Crippen LogP contribution in [-0.4, -0.2) is 17.4 Å². The number of nitrogens with zero attached hydrogens (tertiary/aromatic N) is 1. The quantitative estimate of drug-likeness (QED) is 0.819. The fourth-order valence-corrected chi connectivity index (χ4v) is 3.85. The molecule has 1 amide bonds. The standard InChI is InChI=1S/C14H16BrNO/c1-2-6-16-13(17)8-9-7-11-10(14(9)16)4-3-5-12(11)15/h3-5,9,14H,2,6-8H2,1H3. The molecule has 1 aliphatic heterocycles. The molecule has 2 nitrogen and oxygen atoms in total. The molecule has 0 spiro atoms. The highest BCUT2D eigenvalue weighted by atomic mass is 79.9. The fourth-order valence-electron chi connectivity index (χ4n) is 3.30. The number of hydrogen-bond donors (Lipinski definition) is 0. The smallest absolute Gasteiger partial charge is 0.223 e. The van der Waals surface area contributed by atoms with Crippen molar-refractivity contribution in [1.82, 2.24) is 4.90 Å². The Morgan fingerprint density at radius 1 is 1.41 bits per heavy atom. The van der Waals surface area contributed by atoms with Crippen molar-refractivity contribution in [1.29, 1.82) is 0 Å². The Bertz CT molecular complexity index is 471. The first-order valence-corrected chi connectivity index (χ1v) is 7.08. The molecule has 0 N–H and O–H groups in total. The predicted molar refractivity (Wildman–Crippen MR) is 70.7 cm³/mol. The molecule has 90 valence electrons. The van der Waals surface area contributed by atoms with Gasteiger partial charge in [0.1, 0.15) is 0 Å². The lowest BCUT2D eigenvalue weighted by Gasteiger charge is -2.24. The van der Waals surface area contributed by atoms with Crippen LogP contribution in [0.2, 0.25) is 0 Å². The number of fused-ring (bicyclic) bond motifs is 3. The molecular formula is C14H16BrNO. The van der Waals surface area contributed by atoms with Gasteiger partial charge in [-0.25, -0.2) is 0 Å². The van der Waals surface area contributed by atoms with Crippen molar-refractivity contribution in [2.75, 3.05) is 6.54 Å². The topological polar surface area (TPSA) is 20.3 Å². The second-order valence-electron chi connectivity index (χ2n) is 5.01. The summed E-state index contributed by atoms with van der Waals surface area (Å²) in [4.78, 5) is 14.1. The van der Waals surface area contributed by atoms with Crippen LogP contribution in [0.5, 0.6) is 0 Å². The molecule has 0 radical (unpaired) electrons. The predicted octanol–water partition coefficient (Wildman–Crippen LogP) is 3.30. The zero-order valence-electron chi connectivity index (χ0n) is 9.95. The third-order valence-electron chi connectivity index (χ3n) is 3.94. The van der Waals surface area contributed by atoms with Crippen LogP contribution in [0.1, 0.15) is 36.9 Å². The van der Waals surface area contributed by atoms with Crippen LogP contribution in [0.4, 0.5) is 0 Å². The number of hydrogen-bond acceptors (Lipinski definition) is 1. The van der Waals surface area contributed by atoms with Crippen LogP contribution >= 0.6 is 15.9 Å². The van der Waals surface area contributed by atoms with Crippen molar-refractivity contribution in [3.05, 3.63) is 33.8 Å². The Labute approximate surface area is 110 Å². The van der Waals surface area contributed by atoms with Gasteiger partial charge in [-0.1, -0.05) is 35.0 Å². The maximum Gasteiger partial charge on any atom is 0.223 e. The average molecular weight is 294 g/mol. The Morgan fingerprint density at radius 2 is 2.24 bits per heavy atom. The monoisotopic (exact) mass is 293 g/mol. The first kappa shape index (κ1) is 11.3. The van der Waals surface area contributed by atoms with E-state index in [9.17, 15) is 4.79 Å². The first-order chi connectivity index (χ1) is 8.22. The minimum atomic E-state index is 0.340. The van der Waals surface area contributed by atoms with Crippen molar-refractivity contribution in [2.45, 2.75) is 32.2 Å². The number of benzene rings is 1. The molecule has 0 aromatic heterocycles. The molecule has 1 saturated heterocycles. The Balaban J connectivity index is 2.02. The second-order valence-corrected chi connectivity index (χ2v) is 5.86. The van der Waals surface area contributed by atoms with Gasteiger partial charge in [0, 0.05) is 17.4 Å². The molecule has 3 rings (SSSR count). The van der Waals surface area contributed by atoms with Crippen LogP contribution < -0.4 is 0 Å². The third kappa shape index (κ3) is 1.63. The zero-order chi connectivity index (χ0) is 12.0.